The van der Waals surface area contributed by atoms with Crippen LogP contribution in [0, 0.1) is 0 Å². The van der Waals surface area contributed by atoms with E-state index in [9.17, 15) is 4.79 Å². The van der Waals surface area contributed by atoms with E-state index in [2.05, 4.69) is 24.1 Å². The molecule has 0 aromatic rings. The van der Waals surface area contributed by atoms with Crippen molar-refractivity contribution >= 4 is 5.97 Å². The molecule has 0 radical (unpaired) electrons. The van der Waals surface area contributed by atoms with Crippen LogP contribution < -0.4 is 5.32 Å². The quantitative estimate of drug-likeness (QED) is 0.671. The average molecular weight is 216 g/mol. The number of aliphatic carboxylic acids is 1. The van der Waals surface area contributed by atoms with E-state index in [4.69, 9.17) is 5.11 Å². The Kier molecular flexibility index (Phi) is 5.83. The molecule has 2 N–H and O–H groups in total. The zero-order chi connectivity index (χ0) is 12.1. The van der Waals surface area contributed by atoms with Gasteiger partial charge in [0.15, 0.2) is 0 Å². The lowest BCUT2D eigenvalue weighted by atomic mass is 9.98. The molecular formula is C11H24N2O2. The highest BCUT2D eigenvalue weighted by Crippen LogP contribution is 2.11. The van der Waals surface area contributed by atoms with Crippen molar-refractivity contribution in [1.82, 2.24) is 10.2 Å². The Balaban J connectivity index is 4.18. The molecule has 2 atom stereocenters. The standard InChI is InChI=1S/C11H24N2O2/c1-6-9(2)13(5)8-7-11(3,12-4)10(14)15/h9,12H,6-8H2,1-5H3,(H,14,15). The van der Waals surface area contributed by atoms with Gasteiger partial charge in [-0.2, -0.15) is 0 Å². The van der Waals surface area contributed by atoms with Crippen LogP contribution in [0.4, 0.5) is 0 Å². The molecule has 2 unspecified atom stereocenters. The van der Waals surface area contributed by atoms with Crippen molar-refractivity contribution in [2.45, 2.75) is 45.2 Å². The molecule has 15 heavy (non-hydrogen) atoms. The fourth-order valence-corrected chi connectivity index (χ4v) is 1.27. The van der Waals surface area contributed by atoms with Gasteiger partial charge in [0.05, 0.1) is 0 Å². The number of carbonyl (C=O) groups is 1. The van der Waals surface area contributed by atoms with E-state index in [0.717, 1.165) is 13.0 Å². The van der Waals surface area contributed by atoms with Crippen LogP contribution in [0.3, 0.4) is 0 Å². The number of nitrogens with one attached hydrogen (secondary N) is 1. The van der Waals surface area contributed by atoms with Crippen molar-refractivity contribution in [3.63, 3.8) is 0 Å². The monoisotopic (exact) mass is 216 g/mol. The Labute approximate surface area is 92.7 Å². The van der Waals surface area contributed by atoms with Crippen molar-refractivity contribution in [2.24, 2.45) is 0 Å². The minimum Gasteiger partial charge on any atom is -0.480 e. The molecule has 0 aliphatic carbocycles. The number of carboxylic acid groups (broad SMARTS) is 1. The number of nitrogens with zero attached hydrogens (tertiary/aromatic N) is 1. The summed E-state index contributed by atoms with van der Waals surface area (Å²) in [4.78, 5) is 13.2. The highest BCUT2D eigenvalue weighted by molar-refractivity contribution is 5.78. The SMILES string of the molecule is CCC(C)N(C)CCC(C)(NC)C(=O)O. The molecule has 0 saturated carbocycles. The van der Waals surface area contributed by atoms with Gasteiger partial charge >= 0.3 is 5.97 Å². The topological polar surface area (TPSA) is 52.6 Å². The van der Waals surface area contributed by atoms with Gasteiger partial charge in [0.25, 0.3) is 0 Å². The lowest BCUT2D eigenvalue weighted by molar-refractivity contribution is -0.144. The van der Waals surface area contributed by atoms with E-state index in [-0.39, 0.29) is 0 Å². The van der Waals surface area contributed by atoms with E-state index >= 15 is 0 Å². The third kappa shape index (κ3) is 4.18. The van der Waals surface area contributed by atoms with Gasteiger partial charge < -0.3 is 15.3 Å². The number of hydrogen-bond donors (Lipinski definition) is 2. The van der Waals surface area contributed by atoms with Crippen molar-refractivity contribution < 1.29 is 9.90 Å². The first kappa shape index (κ1) is 14.4. The summed E-state index contributed by atoms with van der Waals surface area (Å²) in [6.07, 6.45) is 1.69. The highest BCUT2D eigenvalue weighted by atomic mass is 16.4. The van der Waals surface area contributed by atoms with Gasteiger partial charge in [-0.3, -0.25) is 4.79 Å². The van der Waals surface area contributed by atoms with Gasteiger partial charge in [0.2, 0.25) is 0 Å². The zero-order valence-corrected chi connectivity index (χ0v) is 10.5. The predicted molar refractivity (Wildman–Crippen MR) is 62.1 cm³/mol. The van der Waals surface area contributed by atoms with E-state index in [1.165, 1.54) is 0 Å². The van der Waals surface area contributed by atoms with E-state index in [1.807, 2.05) is 7.05 Å². The second kappa shape index (κ2) is 6.08. The third-order valence-electron chi connectivity index (χ3n) is 3.33. The second-order valence-electron chi connectivity index (χ2n) is 4.38. The molecule has 0 aromatic carbocycles. The zero-order valence-electron chi connectivity index (χ0n) is 10.5. The van der Waals surface area contributed by atoms with Crippen molar-refractivity contribution in [3.8, 4) is 0 Å². The summed E-state index contributed by atoms with van der Waals surface area (Å²) >= 11 is 0. The summed E-state index contributed by atoms with van der Waals surface area (Å²) < 4.78 is 0. The first-order chi connectivity index (χ1) is 6.87. The summed E-state index contributed by atoms with van der Waals surface area (Å²) in [5, 5.41) is 11.9. The normalized spacial score (nSPS) is 17.5. The van der Waals surface area contributed by atoms with Crippen LogP contribution in [0.15, 0.2) is 0 Å². The Hall–Kier alpha value is -0.610. The Morgan fingerprint density at radius 1 is 1.60 bits per heavy atom. The molecular weight excluding hydrogens is 192 g/mol. The molecule has 0 fully saturated rings. The Morgan fingerprint density at radius 3 is 2.47 bits per heavy atom. The molecule has 90 valence electrons. The molecule has 0 rings (SSSR count). The largest absolute Gasteiger partial charge is 0.480 e. The van der Waals surface area contributed by atoms with Gasteiger partial charge in [-0.15, -0.1) is 0 Å². The first-order valence-corrected chi connectivity index (χ1v) is 5.50. The molecule has 0 aliphatic heterocycles. The van der Waals surface area contributed by atoms with E-state index in [1.54, 1.807) is 14.0 Å². The smallest absolute Gasteiger partial charge is 0.323 e. The molecule has 0 heterocycles. The van der Waals surface area contributed by atoms with E-state index < -0.39 is 11.5 Å². The highest BCUT2D eigenvalue weighted by Gasteiger charge is 2.31. The van der Waals surface area contributed by atoms with Crippen molar-refractivity contribution in [3.05, 3.63) is 0 Å². The van der Waals surface area contributed by atoms with Gasteiger partial charge in [-0.1, -0.05) is 6.92 Å². The molecule has 0 saturated heterocycles. The molecule has 4 heteroatoms. The fourth-order valence-electron chi connectivity index (χ4n) is 1.27. The maximum atomic E-state index is 11.0. The summed E-state index contributed by atoms with van der Waals surface area (Å²) in [7, 11) is 3.73. The molecule has 0 spiro atoms. The number of likely N-dealkylation sites (N-methyl/N-ethyl adjacent to an activating group) is 1. The average Bonchev–Trinajstić information content (AvgIpc) is 2.23. The van der Waals surface area contributed by atoms with Gasteiger partial charge in [-0.05, 0) is 40.8 Å². The maximum absolute atomic E-state index is 11.0. The number of rotatable bonds is 7. The van der Waals surface area contributed by atoms with Crippen LogP contribution in [0.25, 0.3) is 0 Å². The fraction of sp³-hybridized carbons (Fsp3) is 0.909. The summed E-state index contributed by atoms with van der Waals surface area (Å²) in [5.41, 5.74) is -0.818. The third-order valence-corrected chi connectivity index (χ3v) is 3.33. The Morgan fingerprint density at radius 2 is 2.13 bits per heavy atom. The van der Waals surface area contributed by atoms with Crippen LogP contribution in [0.2, 0.25) is 0 Å². The second-order valence-corrected chi connectivity index (χ2v) is 4.38. The van der Waals surface area contributed by atoms with Crippen LogP contribution in [0.1, 0.15) is 33.6 Å². The Bertz CT molecular complexity index is 209. The van der Waals surface area contributed by atoms with Crippen molar-refractivity contribution in [2.75, 3.05) is 20.6 Å². The molecule has 0 aliphatic rings. The molecule has 0 aromatic heterocycles. The molecule has 0 amide bonds. The predicted octanol–water partition coefficient (Wildman–Crippen LogP) is 1.17. The first-order valence-electron chi connectivity index (χ1n) is 5.50. The van der Waals surface area contributed by atoms with Crippen LogP contribution in [0.5, 0.6) is 0 Å². The van der Waals surface area contributed by atoms with Gasteiger partial charge in [0, 0.05) is 12.6 Å². The summed E-state index contributed by atoms with van der Waals surface area (Å²) in [5.74, 6) is -0.789. The lowest BCUT2D eigenvalue weighted by Crippen LogP contribution is -2.49. The van der Waals surface area contributed by atoms with Crippen LogP contribution in [-0.2, 0) is 4.79 Å². The van der Waals surface area contributed by atoms with Gasteiger partial charge in [0.1, 0.15) is 5.54 Å². The van der Waals surface area contributed by atoms with E-state index in [0.29, 0.717) is 12.5 Å². The number of hydrogen-bond acceptors (Lipinski definition) is 3. The lowest BCUT2D eigenvalue weighted by Gasteiger charge is -2.29. The maximum Gasteiger partial charge on any atom is 0.323 e. The van der Waals surface area contributed by atoms with Crippen LogP contribution >= 0.6 is 0 Å². The minimum absolute atomic E-state index is 0.500. The minimum atomic E-state index is -0.818. The van der Waals surface area contributed by atoms with Gasteiger partial charge in [-0.25, -0.2) is 0 Å². The summed E-state index contributed by atoms with van der Waals surface area (Å²) in [6.45, 7) is 6.80. The van der Waals surface area contributed by atoms with Crippen LogP contribution in [-0.4, -0.2) is 48.2 Å². The molecule has 4 nitrogen and oxygen atoms in total. The molecule has 0 bridgehead atoms. The van der Waals surface area contributed by atoms with Crippen molar-refractivity contribution in [1.29, 1.82) is 0 Å². The summed E-state index contributed by atoms with van der Waals surface area (Å²) in [6, 6.07) is 0.500. The number of carboxylic acids is 1.